The molecule has 0 aromatic heterocycles. The van der Waals surface area contributed by atoms with E-state index in [4.69, 9.17) is 0 Å². The number of aryl methyl sites for hydroxylation is 1. The highest BCUT2D eigenvalue weighted by Crippen LogP contribution is 2.39. The number of anilines is 1. The monoisotopic (exact) mass is 482 g/mol. The summed E-state index contributed by atoms with van der Waals surface area (Å²) in [5, 5.41) is 5.46. The molecule has 1 atom stereocenters. The van der Waals surface area contributed by atoms with Crippen molar-refractivity contribution in [3.63, 3.8) is 0 Å². The van der Waals surface area contributed by atoms with E-state index in [1.54, 1.807) is 12.1 Å². The Bertz CT molecular complexity index is 1270. The van der Waals surface area contributed by atoms with Gasteiger partial charge >= 0.3 is 6.03 Å². The predicted octanol–water partition coefficient (Wildman–Crippen LogP) is 2.19. The van der Waals surface area contributed by atoms with Crippen molar-refractivity contribution in [1.82, 2.24) is 14.5 Å². The second-order valence-electron chi connectivity index (χ2n) is 8.92. The van der Waals surface area contributed by atoms with Crippen LogP contribution >= 0.6 is 0 Å². The van der Waals surface area contributed by atoms with Crippen LogP contribution in [0.2, 0.25) is 0 Å². The number of nitrogens with zero attached hydrogens (tertiary/aromatic N) is 2. The molecule has 3 aliphatic rings. The molecule has 1 unspecified atom stereocenters. The van der Waals surface area contributed by atoms with Gasteiger partial charge in [-0.05, 0) is 61.4 Å². The van der Waals surface area contributed by atoms with Crippen molar-refractivity contribution in [2.45, 2.75) is 42.5 Å². The van der Waals surface area contributed by atoms with E-state index < -0.39 is 40.0 Å². The van der Waals surface area contributed by atoms with Gasteiger partial charge in [-0.15, -0.1) is 0 Å². The number of hydrogen-bond donors (Lipinski definition) is 2. The lowest BCUT2D eigenvalue weighted by Gasteiger charge is -2.33. The van der Waals surface area contributed by atoms with E-state index in [0.717, 1.165) is 41.7 Å². The minimum absolute atomic E-state index is 0.0972. The van der Waals surface area contributed by atoms with Crippen molar-refractivity contribution in [3.05, 3.63) is 59.7 Å². The number of carbonyl (C=O) groups excluding carboxylic acids is 3. The Balaban J connectivity index is 1.31. The molecule has 2 aromatic rings. The molecule has 2 heterocycles. The zero-order chi connectivity index (χ0) is 23.9. The average molecular weight is 483 g/mol. The van der Waals surface area contributed by atoms with E-state index in [2.05, 4.69) is 10.6 Å². The first-order valence-corrected chi connectivity index (χ1v) is 12.9. The van der Waals surface area contributed by atoms with Crippen LogP contribution in [0.4, 0.5) is 10.5 Å². The zero-order valence-corrected chi connectivity index (χ0v) is 19.4. The predicted molar refractivity (Wildman–Crippen MR) is 124 cm³/mol. The molecule has 2 fully saturated rings. The van der Waals surface area contributed by atoms with E-state index in [1.165, 1.54) is 16.4 Å². The van der Waals surface area contributed by atoms with Gasteiger partial charge in [0.15, 0.2) is 0 Å². The topological polar surface area (TPSA) is 116 Å². The molecule has 2 N–H and O–H groups in total. The third-order valence-corrected chi connectivity index (χ3v) is 8.67. The molecule has 5 rings (SSSR count). The first-order valence-electron chi connectivity index (χ1n) is 11.4. The number of amides is 4. The summed E-state index contributed by atoms with van der Waals surface area (Å²) in [4.78, 5) is 39.8. The van der Waals surface area contributed by atoms with Crippen molar-refractivity contribution < 1.29 is 22.8 Å². The Hall–Kier alpha value is -3.24. The normalized spacial score (nSPS) is 22.6. The number of imide groups is 1. The lowest BCUT2D eigenvalue weighted by atomic mass is 9.76. The molecule has 2 saturated heterocycles. The second-order valence-corrected chi connectivity index (χ2v) is 10.9. The third kappa shape index (κ3) is 3.76. The van der Waals surface area contributed by atoms with Crippen LogP contribution in [-0.2, 0) is 31.6 Å². The molecule has 1 spiro atoms. The Morgan fingerprint density at radius 2 is 1.79 bits per heavy atom. The largest absolute Gasteiger partial charge is 0.325 e. The van der Waals surface area contributed by atoms with Crippen molar-refractivity contribution in [3.8, 4) is 0 Å². The molecular weight excluding hydrogens is 456 g/mol. The summed E-state index contributed by atoms with van der Waals surface area (Å²) in [6, 6.07) is 13.0. The summed E-state index contributed by atoms with van der Waals surface area (Å²) in [6.45, 7) is 0.504. The summed E-state index contributed by atoms with van der Waals surface area (Å²) in [6.07, 6.45) is 3.71. The van der Waals surface area contributed by atoms with Crippen LogP contribution in [0.25, 0.3) is 0 Å². The van der Waals surface area contributed by atoms with Gasteiger partial charge in [0.1, 0.15) is 12.1 Å². The molecule has 1 aliphatic carbocycles. The molecule has 10 heteroatoms. The van der Waals surface area contributed by atoms with Crippen LogP contribution in [-0.4, -0.2) is 55.1 Å². The molecule has 34 heavy (non-hydrogen) atoms. The van der Waals surface area contributed by atoms with Gasteiger partial charge in [-0.25, -0.2) is 13.2 Å². The SMILES string of the molecule is O=C(CN1C(=O)NC2(CCCc3ccccc32)C1=O)Nc1cccc(S(=O)(=O)N2CCCC2)c1. The molecule has 0 saturated carbocycles. The first kappa shape index (κ1) is 22.5. The van der Waals surface area contributed by atoms with Gasteiger partial charge in [-0.1, -0.05) is 30.3 Å². The molecule has 2 aliphatic heterocycles. The molecule has 178 valence electrons. The van der Waals surface area contributed by atoms with Crippen LogP contribution in [0.15, 0.2) is 53.4 Å². The molecular formula is C24H26N4O5S. The number of urea groups is 1. The van der Waals surface area contributed by atoms with Crippen molar-refractivity contribution >= 4 is 33.6 Å². The third-order valence-electron chi connectivity index (χ3n) is 6.77. The Labute approximate surface area is 198 Å². The summed E-state index contributed by atoms with van der Waals surface area (Å²) >= 11 is 0. The van der Waals surface area contributed by atoms with Crippen LogP contribution in [0.5, 0.6) is 0 Å². The van der Waals surface area contributed by atoms with Gasteiger partial charge in [0, 0.05) is 18.8 Å². The standard InChI is InChI=1S/C24H26N4O5S/c29-21(25-18-9-5-10-19(15-18)34(32,33)27-13-3-4-14-27)16-28-22(30)24(26-23(28)31)12-6-8-17-7-1-2-11-20(17)24/h1-2,5,7,9-11,15H,3-4,6,8,12-14,16H2,(H,25,29)(H,26,31). The number of rotatable bonds is 5. The highest BCUT2D eigenvalue weighted by molar-refractivity contribution is 7.89. The molecule has 4 amide bonds. The van der Waals surface area contributed by atoms with E-state index in [9.17, 15) is 22.8 Å². The lowest BCUT2D eigenvalue weighted by molar-refractivity contribution is -0.134. The Morgan fingerprint density at radius 3 is 2.59 bits per heavy atom. The number of benzene rings is 2. The van der Waals surface area contributed by atoms with Crippen molar-refractivity contribution in [2.24, 2.45) is 0 Å². The van der Waals surface area contributed by atoms with Crippen LogP contribution in [0.3, 0.4) is 0 Å². The highest BCUT2D eigenvalue weighted by atomic mass is 32.2. The first-order chi connectivity index (χ1) is 16.3. The quantitative estimate of drug-likeness (QED) is 0.634. The maximum absolute atomic E-state index is 13.4. The van der Waals surface area contributed by atoms with Crippen LogP contribution in [0.1, 0.15) is 36.8 Å². The van der Waals surface area contributed by atoms with Gasteiger partial charge in [0.2, 0.25) is 15.9 Å². The fraction of sp³-hybridized carbons (Fsp3) is 0.375. The van der Waals surface area contributed by atoms with Crippen LogP contribution in [0, 0.1) is 0 Å². The van der Waals surface area contributed by atoms with E-state index >= 15 is 0 Å². The van der Waals surface area contributed by atoms with Gasteiger partial charge in [-0.3, -0.25) is 14.5 Å². The fourth-order valence-electron chi connectivity index (χ4n) is 5.11. The minimum Gasteiger partial charge on any atom is -0.324 e. The highest BCUT2D eigenvalue weighted by Gasteiger charge is 2.54. The number of fused-ring (bicyclic) bond motifs is 2. The maximum Gasteiger partial charge on any atom is 0.325 e. The maximum atomic E-state index is 13.4. The summed E-state index contributed by atoms with van der Waals surface area (Å²) < 4.78 is 27.1. The molecule has 0 bridgehead atoms. The van der Waals surface area contributed by atoms with Crippen molar-refractivity contribution in [2.75, 3.05) is 25.0 Å². The van der Waals surface area contributed by atoms with Gasteiger partial charge in [0.05, 0.1) is 4.90 Å². The fourth-order valence-corrected chi connectivity index (χ4v) is 6.67. The smallest absolute Gasteiger partial charge is 0.324 e. The molecule has 9 nitrogen and oxygen atoms in total. The van der Waals surface area contributed by atoms with E-state index in [1.807, 2.05) is 24.3 Å². The van der Waals surface area contributed by atoms with Gasteiger partial charge < -0.3 is 10.6 Å². The van der Waals surface area contributed by atoms with Crippen molar-refractivity contribution in [1.29, 1.82) is 0 Å². The number of carbonyl (C=O) groups is 3. The Kier molecular flexibility index (Phi) is 5.65. The number of sulfonamides is 1. The van der Waals surface area contributed by atoms with Gasteiger partial charge in [-0.2, -0.15) is 4.31 Å². The minimum atomic E-state index is -3.63. The zero-order valence-electron chi connectivity index (χ0n) is 18.6. The molecule has 0 radical (unpaired) electrons. The average Bonchev–Trinajstić information content (AvgIpc) is 3.45. The number of hydrogen-bond acceptors (Lipinski definition) is 5. The van der Waals surface area contributed by atoms with E-state index in [-0.39, 0.29) is 10.6 Å². The van der Waals surface area contributed by atoms with E-state index in [0.29, 0.717) is 19.5 Å². The van der Waals surface area contributed by atoms with Crippen LogP contribution < -0.4 is 10.6 Å². The summed E-state index contributed by atoms with van der Waals surface area (Å²) in [7, 11) is -3.63. The summed E-state index contributed by atoms with van der Waals surface area (Å²) in [5.74, 6) is -1.02. The molecule has 2 aromatic carbocycles. The summed E-state index contributed by atoms with van der Waals surface area (Å²) in [5.41, 5.74) is 0.942. The second kappa shape index (κ2) is 8.52. The lowest BCUT2D eigenvalue weighted by Crippen LogP contribution is -2.47. The Morgan fingerprint density at radius 1 is 1.03 bits per heavy atom. The number of nitrogens with one attached hydrogen (secondary N) is 2. The van der Waals surface area contributed by atoms with Gasteiger partial charge in [0.25, 0.3) is 5.91 Å².